The van der Waals surface area contributed by atoms with Crippen LogP contribution in [0.25, 0.3) is 11.0 Å². The van der Waals surface area contributed by atoms with Crippen molar-refractivity contribution >= 4 is 32.8 Å². The third kappa shape index (κ3) is 3.78. The SMILES string of the molecule is CCCCn1c(SCCC)nc2cc(S(N)(=O)=O)ccc21. The summed E-state index contributed by atoms with van der Waals surface area (Å²) in [5, 5.41) is 6.14. The van der Waals surface area contributed by atoms with E-state index in [0.29, 0.717) is 5.52 Å². The van der Waals surface area contributed by atoms with Crippen molar-refractivity contribution in [2.24, 2.45) is 5.14 Å². The van der Waals surface area contributed by atoms with Gasteiger partial charge >= 0.3 is 0 Å². The van der Waals surface area contributed by atoms with Crippen LogP contribution in [0.1, 0.15) is 33.1 Å². The number of benzene rings is 1. The summed E-state index contributed by atoms with van der Waals surface area (Å²) >= 11 is 1.71. The maximum atomic E-state index is 11.5. The lowest BCUT2D eigenvalue weighted by atomic mass is 10.3. The number of nitrogens with zero attached hydrogens (tertiary/aromatic N) is 2. The summed E-state index contributed by atoms with van der Waals surface area (Å²) in [6.45, 7) is 5.18. The first-order valence-corrected chi connectivity index (χ1v) is 9.66. The number of rotatable bonds is 7. The van der Waals surface area contributed by atoms with Gasteiger partial charge < -0.3 is 4.57 Å². The van der Waals surface area contributed by atoms with E-state index < -0.39 is 10.0 Å². The molecule has 0 atom stereocenters. The first kappa shape index (κ1) is 16.3. The molecule has 2 N–H and O–H groups in total. The number of unbranched alkanes of at least 4 members (excludes halogenated alkanes) is 1. The van der Waals surface area contributed by atoms with Crippen LogP contribution < -0.4 is 5.14 Å². The van der Waals surface area contributed by atoms with Gasteiger partial charge in [0.25, 0.3) is 0 Å². The first-order valence-electron chi connectivity index (χ1n) is 7.13. The minimum atomic E-state index is -3.69. The van der Waals surface area contributed by atoms with Gasteiger partial charge in [0.1, 0.15) is 0 Å². The maximum absolute atomic E-state index is 11.5. The fourth-order valence-electron chi connectivity index (χ4n) is 2.10. The monoisotopic (exact) mass is 327 g/mol. The molecule has 116 valence electrons. The smallest absolute Gasteiger partial charge is 0.238 e. The molecule has 0 aliphatic carbocycles. The standard InChI is InChI=1S/C14H21N3O2S2/c1-3-5-8-17-13-7-6-11(21(15,18)19)10-12(13)16-14(17)20-9-4-2/h6-7,10H,3-5,8-9H2,1-2H3,(H2,15,18,19). The third-order valence-corrected chi connectivity index (χ3v) is 5.28. The average Bonchev–Trinajstić information content (AvgIpc) is 2.78. The van der Waals surface area contributed by atoms with Gasteiger partial charge in [-0.2, -0.15) is 0 Å². The molecule has 2 aromatic rings. The van der Waals surface area contributed by atoms with Crippen molar-refractivity contribution in [1.29, 1.82) is 0 Å². The van der Waals surface area contributed by atoms with Crippen molar-refractivity contribution in [2.75, 3.05) is 5.75 Å². The van der Waals surface area contributed by atoms with Crippen LogP contribution in [0.5, 0.6) is 0 Å². The number of hydrogen-bond acceptors (Lipinski definition) is 4. The number of nitrogens with two attached hydrogens (primary N) is 1. The van der Waals surface area contributed by atoms with Crippen molar-refractivity contribution in [3.8, 4) is 0 Å². The minimum absolute atomic E-state index is 0.113. The van der Waals surface area contributed by atoms with Gasteiger partial charge in [0, 0.05) is 12.3 Å². The number of aryl methyl sites for hydroxylation is 1. The first-order chi connectivity index (χ1) is 9.97. The molecule has 5 nitrogen and oxygen atoms in total. The van der Waals surface area contributed by atoms with Crippen LogP contribution >= 0.6 is 11.8 Å². The van der Waals surface area contributed by atoms with Crippen molar-refractivity contribution in [1.82, 2.24) is 9.55 Å². The molecular weight excluding hydrogens is 306 g/mol. The number of primary sulfonamides is 1. The Morgan fingerprint density at radius 1 is 1.29 bits per heavy atom. The van der Waals surface area contributed by atoms with Gasteiger partial charge in [-0.05, 0) is 31.0 Å². The fraction of sp³-hybridized carbons (Fsp3) is 0.500. The second-order valence-corrected chi connectivity index (χ2v) is 7.57. The summed E-state index contributed by atoms with van der Waals surface area (Å²) < 4.78 is 25.1. The molecule has 2 rings (SSSR count). The molecule has 7 heteroatoms. The highest BCUT2D eigenvalue weighted by Gasteiger charge is 2.14. The molecule has 0 saturated carbocycles. The zero-order chi connectivity index (χ0) is 15.5. The van der Waals surface area contributed by atoms with E-state index in [-0.39, 0.29) is 4.90 Å². The van der Waals surface area contributed by atoms with Crippen LogP contribution in [-0.4, -0.2) is 23.7 Å². The molecule has 0 radical (unpaired) electrons. The molecule has 1 aromatic carbocycles. The van der Waals surface area contributed by atoms with Gasteiger partial charge in [-0.25, -0.2) is 18.5 Å². The number of imidazole rings is 1. The minimum Gasteiger partial charge on any atom is -0.319 e. The van der Waals surface area contributed by atoms with Crippen molar-refractivity contribution in [2.45, 2.75) is 49.7 Å². The Hall–Kier alpha value is -1.05. The highest BCUT2D eigenvalue weighted by atomic mass is 32.2. The predicted molar refractivity (Wildman–Crippen MR) is 87.0 cm³/mol. The predicted octanol–water partition coefficient (Wildman–Crippen LogP) is 2.99. The van der Waals surface area contributed by atoms with Gasteiger partial charge in [-0.15, -0.1) is 0 Å². The fourth-order valence-corrected chi connectivity index (χ4v) is 3.53. The van der Waals surface area contributed by atoms with E-state index in [9.17, 15) is 8.42 Å². The van der Waals surface area contributed by atoms with Crippen LogP contribution in [0.2, 0.25) is 0 Å². The Kier molecular flexibility index (Phi) is 5.29. The van der Waals surface area contributed by atoms with E-state index in [2.05, 4.69) is 23.4 Å². The molecule has 0 spiro atoms. The lowest BCUT2D eigenvalue weighted by Crippen LogP contribution is -2.11. The van der Waals surface area contributed by atoms with E-state index >= 15 is 0 Å². The van der Waals surface area contributed by atoms with Gasteiger partial charge in [-0.1, -0.05) is 32.0 Å². The lowest BCUT2D eigenvalue weighted by molar-refractivity contribution is 0.597. The highest BCUT2D eigenvalue weighted by Crippen LogP contribution is 2.26. The van der Waals surface area contributed by atoms with Crippen LogP contribution in [0.3, 0.4) is 0 Å². The Balaban J connectivity index is 2.50. The number of aromatic nitrogens is 2. The molecule has 0 fully saturated rings. The van der Waals surface area contributed by atoms with Crippen LogP contribution in [-0.2, 0) is 16.6 Å². The molecule has 0 aliphatic rings. The van der Waals surface area contributed by atoms with E-state index in [1.54, 1.807) is 30.0 Å². The molecule has 0 aliphatic heterocycles. The summed E-state index contributed by atoms with van der Waals surface area (Å²) in [7, 11) is -3.69. The van der Waals surface area contributed by atoms with E-state index in [0.717, 1.165) is 42.2 Å². The van der Waals surface area contributed by atoms with Crippen LogP contribution in [0.4, 0.5) is 0 Å². The van der Waals surface area contributed by atoms with Crippen molar-refractivity contribution in [3.05, 3.63) is 18.2 Å². The summed E-state index contributed by atoms with van der Waals surface area (Å²) in [6, 6.07) is 4.91. The molecule has 1 aromatic heterocycles. The van der Waals surface area contributed by atoms with Crippen LogP contribution in [0.15, 0.2) is 28.3 Å². The quantitative estimate of drug-likeness (QED) is 0.793. The normalized spacial score (nSPS) is 12.1. The van der Waals surface area contributed by atoms with Gasteiger partial charge in [-0.3, -0.25) is 0 Å². The number of thioether (sulfide) groups is 1. The third-order valence-electron chi connectivity index (χ3n) is 3.18. The zero-order valence-electron chi connectivity index (χ0n) is 12.4. The Morgan fingerprint density at radius 3 is 2.67 bits per heavy atom. The van der Waals surface area contributed by atoms with E-state index in [1.165, 1.54) is 0 Å². The number of sulfonamides is 1. The second-order valence-electron chi connectivity index (χ2n) is 4.94. The van der Waals surface area contributed by atoms with E-state index in [4.69, 9.17) is 5.14 Å². The summed E-state index contributed by atoms with van der Waals surface area (Å²) in [4.78, 5) is 4.70. The Bertz CT molecular complexity index is 723. The molecule has 21 heavy (non-hydrogen) atoms. The zero-order valence-corrected chi connectivity index (χ0v) is 14.0. The maximum Gasteiger partial charge on any atom is 0.238 e. The summed E-state index contributed by atoms with van der Waals surface area (Å²) in [5.41, 5.74) is 1.66. The Morgan fingerprint density at radius 2 is 2.05 bits per heavy atom. The topological polar surface area (TPSA) is 78.0 Å². The highest BCUT2D eigenvalue weighted by molar-refractivity contribution is 7.99. The summed E-state index contributed by atoms with van der Waals surface area (Å²) in [6.07, 6.45) is 3.25. The van der Waals surface area contributed by atoms with Gasteiger partial charge in [0.2, 0.25) is 10.0 Å². The van der Waals surface area contributed by atoms with Crippen molar-refractivity contribution < 1.29 is 8.42 Å². The van der Waals surface area contributed by atoms with E-state index in [1.807, 2.05) is 0 Å². The van der Waals surface area contributed by atoms with Crippen molar-refractivity contribution in [3.63, 3.8) is 0 Å². The average molecular weight is 327 g/mol. The van der Waals surface area contributed by atoms with Crippen LogP contribution in [0, 0.1) is 0 Å². The lowest BCUT2D eigenvalue weighted by Gasteiger charge is -2.07. The van der Waals surface area contributed by atoms with Gasteiger partial charge in [0.05, 0.1) is 15.9 Å². The molecule has 1 heterocycles. The number of hydrogen-bond donors (Lipinski definition) is 1. The Labute approximate surface area is 130 Å². The number of fused-ring (bicyclic) bond motifs is 1. The summed E-state index contributed by atoms with van der Waals surface area (Å²) in [5.74, 6) is 0.998. The molecule has 0 amide bonds. The molecule has 0 saturated heterocycles. The largest absolute Gasteiger partial charge is 0.319 e. The second kappa shape index (κ2) is 6.81. The van der Waals surface area contributed by atoms with Gasteiger partial charge in [0.15, 0.2) is 5.16 Å². The molecule has 0 unspecified atom stereocenters. The molecule has 0 bridgehead atoms. The molecular formula is C14H21N3O2S2.